The number of anilines is 2. The minimum Gasteiger partial charge on any atom is -0.354 e. The summed E-state index contributed by atoms with van der Waals surface area (Å²) in [6, 6.07) is 7.88. The van der Waals surface area contributed by atoms with Crippen LogP contribution >= 0.6 is 0 Å². The zero-order valence-electron chi connectivity index (χ0n) is 12.8. The predicted octanol–water partition coefficient (Wildman–Crippen LogP) is 3.84. The molecule has 2 rings (SSSR count). The minimum atomic E-state index is -0.315. The molecule has 116 valence electrons. The highest BCUT2D eigenvalue weighted by Gasteiger charge is 2.12. The van der Waals surface area contributed by atoms with E-state index in [4.69, 9.17) is 0 Å². The van der Waals surface area contributed by atoms with Crippen molar-refractivity contribution in [2.75, 3.05) is 18.9 Å². The molecular formula is C17H20FN3O. The summed E-state index contributed by atoms with van der Waals surface area (Å²) in [7, 11) is 1.78. The van der Waals surface area contributed by atoms with E-state index in [1.54, 1.807) is 42.5 Å². The largest absolute Gasteiger partial charge is 0.354 e. The fraction of sp³-hybridized carbons (Fsp3) is 0.294. The van der Waals surface area contributed by atoms with Crippen molar-refractivity contribution in [2.45, 2.75) is 19.8 Å². The number of nitrogens with zero attached hydrogens (tertiary/aromatic N) is 2. The number of carbonyl (C=O) groups is 1. The second-order valence-electron chi connectivity index (χ2n) is 5.18. The lowest BCUT2D eigenvalue weighted by atomic mass is 10.2. The first-order valence-corrected chi connectivity index (χ1v) is 7.33. The van der Waals surface area contributed by atoms with Crippen molar-refractivity contribution in [3.8, 4) is 0 Å². The summed E-state index contributed by atoms with van der Waals surface area (Å²) in [5.74, 6) is -0.381. The number of carbonyl (C=O) groups excluding carboxylic acids is 1. The van der Waals surface area contributed by atoms with Gasteiger partial charge in [-0.1, -0.05) is 19.4 Å². The fourth-order valence-electron chi connectivity index (χ4n) is 2.08. The van der Waals surface area contributed by atoms with Gasteiger partial charge in [0.1, 0.15) is 5.82 Å². The highest BCUT2D eigenvalue weighted by molar-refractivity contribution is 5.94. The first-order chi connectivity index (χ1) is 10.6. The molecule has 1 heterocycles. The average molecular weight is 301 g/mol. The van der Waals surface area contributed by atoms with Crippen molar-refractivity contribution >= 4 is 17.3 Å². The second-order valence-corrected chi connectivity index (χ2v) is 5.18. The molecule has 0 bridgehead atoms. The van der Waals surface area contributed by atoms with E-state index >= 15 is 0 Å². The molecule has 0 aliphatic carbocycles. The standard InChI is InChI=1S/C17H20FN3O/c1-3-4-8-21(2)17(22)13-9-16(12-19-11-13)20-15-7-5-6-14(18)10-15/h5-7,9-12,20H,3-4,8H2,1-2H3. The number of halogens is 1. The number of benzene rings is 1. The maximum absolute atomic E-state index is 13.2. The minimum absolute atomic E-state index is 0.0659. The summed E-state index contributed by atoms with van der Waals surface area (Å²) in [6.45, 7) is 2.81. The van der Waals surface area contributed by atoms with E-state index in [0.717, 1.165) is 19.4 Å². The first kappa shape index (κ1) is 15.9. The van der Waals surface area contributed by atoms with E-state index in [2.05, 4.69) is 17.2 Å². The smallest absolute Gasteiger partial charge is 0.255 e. The maximum atomic E-state index is 13.2. The van der Waals surface area contributed by atoms with Gasteiger partial charge in [0.2, 0.25) is 0 Å². The van der Waals surface area contributed by atoms with Crippen LogP contribution in [0.1, 0.15) is 30.1 Å². The van der Waals surface area contributed by atoms with Gasteiger partial charge in [-0.3, -0.25) is 9.78 Å². The molecule has 0 unspecified atom stereocenters. The summed E-state index contributed by atoms with van der Waals surface area (Å²) >= 11 is 0. The third-order valence-electron chi connectivity index (χ3n) is 3.29. The van der Waals surface area contributed by atoms with Gasteiger partial charge in [-0.15, -0.1) is 0 Å². The van der Waals surface area contributed by atoms with Crippen LogP contribution in [0.25, 0.3) is 0 Å². The van der Waals surface area contributed by atoms with Crippen LogP contribution in [0.15, 0.2) is 42.7 Å². The van der Waals surface area contributed by atoms with Gasteiger partial charge < -0.3 is 10.2 Å². The molecule has 2 aromatic rings. The Morgan fingerprint density at radius 2 is 2.09 bits per heavy atom. The van der Waals surface area contributed by atoms with Gasteiger partial charge in [0.25, 0.3) is 5.91 Å². The molecule has 1 amide bonds. The lowest BCUT2D eigenvalue weighted by Gasteiger charge is -2.17. The Morgan fingerprint density at radius 3 is 2.82 bits per heavy atom. The molecule has 0 aliphatic rings. The number of unbranched alkanes of at least 4 members (excludes halogenated alkanes) is 1. The predicted molar refractivity (Wildman–Crippen MR) is 85.8 cm³/mol. The molecule has 0 spiro atoms. The van der Waals surface area contributed by atoms with E-state index in [9.17, 15) is 9.18 Å². The molecule has 22 heavy (non-hydrogen) atoms. The van der Waals surface area contributed by atoms with Gasteiger partial charge in [-0.25, -0.2) is 4.39 Å². The van der Waals surface area contributed by atoms with Gasteiger partial charge in [-0.05, 0) is 30.7 Å². The summed E-state index contributed by atoms with van der Waals surface area (Å²) < 4.78 is 13.2. The van der Waals surface area contributed by atoms with Gasteiger partial charge in [0.05, 0.1) is 17.4 Å². The molecular weight excluding hydrogens is 281 g/mol. The number of rotatable bonds is 6. The number of amides is 1. The second kappa shape index (κ2) is 7.54. The van der Waals surface area contributed by atoms with Crippen LogP contribution in [-0.2, 0) is 0 Å². The highest BCUT2D eigenvalue weighted by atomic mass is 19.1. The molecule has 0 saturated heterocycles. The fourth-order valence-corrected chi connectivity index (χ4v) is 2.08. The van der Waals surface area contributed by atoms with E-state index < -0.39 is 0 Å². The maximum Gasteiger partial charge on any atom is 0.255 e. The topological polar surface area (TPSA) is 45.2 Å². The van der Waals surface area contributed by atoms with Gasteiger partial charge in [-0.2, -0.15) is 0 Å². The Hall–Kier alpha value is -2.43. The van der Waals surface area contributed by atoms with E-state index in [1.807, 2.05) is 0 Å². The van der Waals surface area contributed by atoms with Crippen molar-refractivity contribution in [3.05, 3.63) is 54.1 Å². The number of hydrogen-bond donors (Lipinski definition) is 1. The van der Waals surface area contributed by atoms with Crippen LogP contribution in [-0.4, -0.2) is 29.4 Å². The number of pyridine rings is 1. The van der Waals surface area contributed by atoms with Gasteiger partial charge >= 0.3 is 0 Å². The molecule has 0 aliphatic heterocycles. The van der Waals surface area contributed by atoms with Crippen LogP contribution in [0.3, 0.4) is 0 Å². The van der Waals surface area contributed by atoms with Crippen LogP contribution < -0.4 is 5.32 Å². The Bertz CT molecular complexity index is 645. The van der Waals surface area contributed by atoms with E-state index in [-0.39, 0.29) is 11.7 Å². The van der Waals surface area contributed by atoms with Gasteiger partial charge in [0.15, 0.2) is 0 Å². The zero-order valence-corrected chi connectivity index (χ0v) is 12.8. The lowest BCUT2D eigenvalue weighted by molar-refractivity contribution is 0.0793. The molecule has 0 fully saturated rings. The molecule has 0 radical (unpaired) electrons. The van der Waals surface area contributed by atoms with Crippen molar-refractivity contribution in [2.24, 2.45) is 0 Å². The number of hydrogen-bond acceptors (Lipinski definition) is 3. The molecule has 0 saturated carbocycles. The lowest BCUT2D eigenvalue weighted by Crippen LogP contribution is -2.27. The van der Waals surface area contributed by atoms with Crippen molar-refractivity contribution in [3.63, 3.8) is 0 Å². The molecule has 1 aromatic heterocycles. The number of nitrogens with one attached hydrogen (secondary N) is 1. The summed E-state index contributed by atoms with van der Waals surface area (Å²) in [6.07, 6.45) is 5.16. The molecule has 4 nitrogen and oxygen atoms in total. The number of aromatic nitrogens is 1. The van der Waals surface area contributed by atoms with Crippen LogP contribution in [0.5, 0.6) is 0 Å². The first-order valence-electron chi connectivity index (χ1n) is 7.33. The molecule has 0 atom stereocenters. The normalized spacial score (nSPS) is 10.3. The molecule has 5 heteroatoms. The monoisotopic (exact) mass is 301 g/mol. The van der Waals surface area contributed by atoms with Gasteiger partial charge in [0, 0.05) is 25.5 Å². The Kier molecular flexibility index (Phi) is 5.47. The molecule has 1 N–H and O–H groups in total. The quantitative estimate of drug-likeness (QED) is 0.882. The molecule has 1 aromatic carbocycles. The van der Waals surface area contributed by atoms with Crippen LogP contribution in [0.2, 0.25) is 0 Å². The highest BCUT2D eigenvalue weighted by Crippen LogP contribution is 2.18. The Labute approximate surface area is 130 Å². The van der Waals surface area contributed by atoms with Crippen LogP contribution in [0, 0.1) is 5.82 Å². The average Bonchev–Trinajstić information content (AvgIpc) is 2.52. The van der Waals surface area contributed by atoms with Crippen LogP contribution in [0.4, 0.5) is 15.8 Å². The van der Waals surface area contributed by atoms with E-state index in [0.29, 0.717) is 16.9 Å². The van der Waals surface area contributed by atoms with E-state index in [1.165, 1.54) is 12.1 Å². The third-order valence-corrected chi connectivity index (χ3v) is 3.29. The Morgan fingerprint density at radius 1 is 1.27 bits per heavy atom. The zero-order chi connectivity index (χ0) is 15.9. The summed E-state index contributed by atoms with van der Waals surface area (Å²) in [4.78, 5) is 18.1. The Balaban J connectivity index is 2.11. The summed E-state index contributed by atoms with van der Waals surface area (Å²) in [5.41, 5.74) is 1.78. The van der Waals surface area contributed by atoms with Crippen molar-refractivity contribution < 1.29 is 9.18 Å². The van der Waals surface area contributed by atoms with Crippen molar-refractivity contribution in [1.29, 1.82) is 0 Å². The van der Waals surface area contributed by atoms with Crippen molar-refractivity contribution in [1.82, 2.24) is 9.88 Å². The third kappa shape index (κ3) is 4.28. The summed E-state index contributed by atoms with van der Waals surface area (Å²) in [5, 5.41) is 3.05. The SMILES string of the molecule is CCCCN(C)C(=O)c1cncc(Nc2cccc(F)c2)c1.